The molecule has 21 heavy (non-hydrogen) atoms. The highest BCUT2D eigenvalue weighted by Crippen LogP contribution is 2.25. The van der Waals surface area contributed by atoms with Gasteiger partial charge in [0.15, 0.2) is 0 Å². The number of anilines is 1. The van der Waals surface area contributed by atoms with E-state index in [1.54, 1.807) is 0 Å². The van der Waals surface area contributed by atoms with Gasteiger partial charge in [-0.2, -0.15) is 0 Å². The molecule has 1 N–H and O–H groups in total. The number of hydrogen-bond acceptors (Lipinski definition) is 2. The minimum atomic E-state index is 0.197. The molecule has 0 aromatic heterocycles. The van der Waals surface area contributed by atoms with Gasteiger partial charge in [-0.25, -0.2) is 0 Å². The van der Waals surface area contributed by atoms with Crippen molar-refractivity contribution < 1.29 is 4.74 Å². The maximum absolute atomic E-state index is 5.99. The van der Waals surface area contributed by atoms with E-state index in [1.807, 2.05) is 44.2 Å². The first-order chi connectivity index (χ1) is 9.95. The highest BCUT2D eigenvalue weighted by Gasteiger charge is 2.08. The van der Waals surface area contributed by atoms with Crippen molar-refractivity contribution in [1.82, 2.24) is 0 Å². The number of aryl methyl sites for hydroxylation is 1. The van der Waals surface area contributed by atoms with Crippen LogP contribution in [0, 0.1) is 6.92 Å². The van der Waals surface area contributed by atoms with Crippen LogP contribution in [0.2, 0.25) is 5.02 Å². The Morgan fingerprint density at radius 2 is 1.67 bits per heavy atom. The smallest absolute Gasteiger partial charge is 0.119 e. The van der Waals surface area contributed by atoms with Crippen molar-refractivity contribution in [2.45, 2.75) is 39.8 Å². The average Bonchev–Trinajstić information content (AvgIpc) is 2.42. The molecule has 0 aliphatic heterocycles. The van der Waals surface area contributed by atoms with Gasteiger partial charge in [0.25, 0.3) is 0 Å². The van der Waals surface area contributed by atoms with E-state index >= 15 is 0 Å². The summed E-state index contributed by atoms with van der Waals surface area (Å²) >= 11 is 5.99. The lowest BCUT2D eigenvalue weighted by Crippen LogP contribution is -2.08. The predicted octanol–water partition coefficient (Wildman–Crippen LogP) is 5.61. The highest BCUT2D eigenvalue weighted by atomic mass is 35.5. The molecule has 0 amide bonds. The van der Waals surface area contributed by atoms with Gasteiger partial charge in [0, 0.05) is 16.8 Å². The van der Waals surface area contributed by atoms with Gasteiger partial charge in [0.2, 0.25) is 0 Å². The fourth-order valence-corrected chi connectivity index (χ4v) is 2.44. The zero-order valence-electron chi connectivity index (χ0n) is 13.0. The van der Waals surface area contributed by atoms with Crippen LogP contribution in [0.5, 0.6) is 5.75 Å². The van der Waals surface area contributed by atoms with E-state index < -0.39 is 0 Å². The number of rotatable bonds is 5. The summed E-state index contributed by atoms with van der Waals surface area (Å²) in [5, 5.41) is 4.28. The molecule has 0 spiro atoms. The molecule has 0 aliphatic rings. The van der Waals surface area contributed by atoms with Crippen molar-refractivity contribution in [3.05, 3.63) is 58.6 Å². The van der Waals surface area contributed by atoms with Gasteiger partial charge in [-0.1, -0.05) is 23.7 Å². The molecule has 2 aromatic carbocycles. The van der Waals surface area contributed by atoms with Crippen molar-refractivity contribution in [1.29, 1.82) is 0 Å². The fourth-order valence-electron chi connectivity index (χ4n) is 2.21. The minimum Gasteiger partial charge on any atom is -0.491 e. The first-order valence-electron chi connectivity index (χ1n) is 7.25. The summed E-state index contributed by atoms with van der Waals surface area (Å²) in [6.07, 6.45) is 0.197. The van der Waals surface area contributed by atoms with Gasteiger partial charge in [0.1, 0.15) is 5.75 Å². The van der Waals surface area contributed by atoms with Gasteiger partial charge < -0.3 is 10.1 Å². The number of halogens is 1. The summed E-state index contributed by atoms with van der Waals surface area (Å²) in [6.45, 7) is 8.26. The number of nitrogens with one attached hydrogen (secondary N) is 1. The van der Waals surface area contributed by atoms with Crippen LogP contribution in [-0.2, 0) is 0 Å². The van der Waals surface area contributed by atoms with Crippen molar-refractivity contribution in [3.8, 4) is 5.75 Å². The summed E-state index contributed by atoms with van der Waals surface area (Å²) < 4.78 is 5.66. The molecule has 1 atom stereocenters. The third-order valence-electron chi connectivity index (χ3n) is 3.31. The third kappa shape index (κ3) is 4.40. The summed E-state index contributed by atoms with van der Waals surface area (Å²) in [7, 11) is 0. The Balaban J connectivity index is 2.07. The van der Waals surface area contributed by atoms with Crippen LogP contribution in [0.25, 0.3) is 0 Å². The molecule has 0 saturated carbocycles. The van der Waals surface area contributed by atoms with E-state index in [-0.39, 0.29) is 12.1 Å². The van der Waals surface area contributed by atoms with E-state index in [9.17, 15) is 0 Å². The van der Waals surface area contributed by atoms with E-state index in [2.05, 4.69) is 31.3 Å². The first kappa shape index (κ1) is 15.7. The Labute approximate surface area is 132 Å². The summed E-state index contributed by atoms with van der Waals surface area (Å²) in [4.78, 5) is 0. The Bertz CT molecular complexity index is 593. The Kier molecular flexibility index (Phi) is 5.13. The predicted molar refractivity (Wildman–Crippen MR) is 90.4 cm³/mol. The summed E-state index contributed by atoms with van der Waals surface area (Å²) in [5.41, 5.74) is 3.48. The van der Waals surface area contributed by atoms with Crippen LogP contribution >= 0.6 is 11.6 Å². The van der Waals surface area contributed by atoms with E-state index in [0.717, 1.165) is 22.0 Å². The SMILES string of the molecule is Cc1cc(Cl)ccc1NC(C)c1ccc(OC(C)C)cc1. The zero-order chi connectivity index (χ0) is 15.4. The van der Waals surface area contributed by atoms with Crippen LogP contribution in [0.1, 0.15) is 37.9 Å². The van der Waals surface area contributed by atoms with Gasteiger partial charge in [-0.15, -0.1) is 0 Å². The number of hydrogen-bond donors (Lipinski definition) is 1. The molecule has 2 aromatic rings. The maximum Gasteiger partial charge on any atom is 0.119 e. The molecule has 1 unspecified atom stereocenters. The lowest BCUT2D eigenvalue weighted by Gasteiger charge is -2.18. The molecule has 2 rings (SSSR count). The van der Waals surface area contributed by atoms with E-state index in [4.69, 9.17) is 16.3 Å². The lowest BCUT2D eigenvalue weighted by atomic mass is 10.1. The third-order valence-corrected chi connectivity index (χ3v) is 3.55. The molecular formula is C18H22ClNO. The van der Waals surface area contributed by atoms with Crippen molar-refractivity contribution in [2.24, 2.45) is 0 Å². The zero-order valence-corrected chi connectivity index (χ0v) is 13.7. The fraction of sp³-hybridized carbons (Fsp3) is 0.333. The van der Waals surface area contributed by atoms with Crippen molar-refractivity contribution in [3.63, 3.8) is 0 Å². The topological polar surface area (TPSA) is 21.3 Å². The van der Waals surface area contributed by atoms with Crippen LogP contribution in [-0.4, -0.2) is 6.10 Å². The minimum absolute atomic E-state index is 0.197. The van der Waals surface area contributed by atoms with E-state index in [1.165, 1.54) is 5.56 Å². The number of benzene rings is 2. The lowest BCUT2D eigenvalue weighted by molar-refractivity contribution is 0.242. The van der Waals surface area contributed by atoms with Gasteiger partial charge in [-0.05, 0) is 69.2 Å². The van der Waals surface area contributed by atoms with Crippen molar-refractivity contribution >= 4 is 17.3 Å². The molecule has 0 saturated heterocycles. The maximum atomic E-state index is 5.99. The van der Waals surface area contributed by atoms with Crippen LogP contribution in [0.3, 0.4) is 0 Å². The molecule has 2 nitrogen and oxygen atoms in total. The average molecular weight is 304 g/mol. The van der Waals surface area contributed by atoms with Gasteiger partial charge in [-0.3, -0.25) is 0 Å². The summed E-state index contributed by atoms with van der Waals surface area (Å²) in [6, 6.07) is 14.3. The Morgan fingerprint density at radius 3 is 2.24 bits per heavy atom. The Morgan fingerprint density at radius 1 is 1.00 bits per heavy atom. The van der Waals surface area contributed by atoms with Crippen molar-refractivity contribution in [2.75, 3.05) is 5.32 Å². The quantitative estimate of drug-likeness (QED) is 0.775. The van der Waals surface area contributed by atoms with Gasteiger partial charge in [0.05, 0.1) is 6.10 Å². The van der Waals surface area contributed by atoms with Crippen LogP contribution in [0.15, 0.2) is 42.5 Å². The summed E-state index contributed by atoms with van der Waals surface area (Å²) in [5.74, 6) is 0.906. The van der Waals surface area contributed by atoms with Crippen LogP contribution in [0.4, 0.5) is 5.69 Å². The first-order valence-corrected chi connectivity index (χ1v) is 7.63. The van der Waals surface area contributed by atoms with Crippen LogP contribution < -0.4 is 10.1 Å². The molecular weight excluding hydrogens is 282 g/mol. The highest BCUT2D eigenvalue weighted by molar-refractivity contribution is 6.30. The van der Waals surface area contributed by atoms with E-state index in [0.29, 0.717) is 0 Å². The second-order valence-corrected chi connectivity index (χ2v) is 6.00. The Hall–Kier alpha value is -1.67. The molecule has 0 bridgehead atoms. The van der Waals surface area contributed by atoms with Gasteiger partial charge >= 0.3 is 0 Å². The molecule has 3 heteroatoms. The second-order valence-electron chi connectivity index (χ2n) is 5.56. The number of ether oxygens (including phenoxy) is 1. The second kappa shape index (κ2) is 6.86. The largest absolute Gasteiger partial charge is 0.491 e. The molecule has 0 aliphatic carbocycles. The molecule has 112 valence electrons. The molecule has 0 heterocycles. The molecule has 0 fully saturated rings. The monoisotopic (exact) mass is 303 g/mol. The standard InChI is InChI=1S/C18H22ClNO/c1-12(2)21-17-8-5-15(6-9-17)14(4)20-18-10-7-16(19)11-13(18)3/h5-12,14,20H,1-4H3. The normalized spacial score (nSPS) is 12.3. The molecule has 0 radical (unpaired) electrons.